The Morgan fingerprint density at radius 3 is 2.79 bits per heavy atom. The summed E-state index contributed by atoms with van der Waals surface area (Å²) >= 11 is 0. The third kappa shape index (κ3) is 4.37. The lowest BCUT2D eigenvalue weighted by Crippen LogP contribution is -2.33. The van der Waals surface area contributed by atoms with Gasteiger partial charge in [0.25, 0.3) is 0 Å². The fourth-order valence-corrected chi connectivity index (χ4v) is 3.61. The minimum absolute atomic E-state index is 0.0450. The molecule has 0 aliphatic carbocycles. The maximum Gasteiger partial charge on any atom is 0.224 e. The molecule has 0 unspecified atom stereocenters. The largest absolute Gasteiger partial charge is 0.441 e. The molecular formula is C23H23N3O3. The number of fused-ring (bicyclic) bond motifs is 1. The molecule has 0 bridgehead atoms. The number of rotatable bonds is 5. The number of oxazole rings is 1. The average molecular weight is 389 g/mol. The van der Waals surface area contributed by atoms with Gasteiger partial charge in [-0.25, -0.2) is 4.98 Å². The van der Waals surface area contributed by atoms with Gasteiger partial charge in [-0.15, -0.1) is 0 Å². The van der Waals surface area contributed by atoms with E-state index in [4.69, 9.17) is 4.42 Å². The summed E-state index contributed by atoms with van der Waals surface area (Å²) in [5.41, 5.74) is 3.74. The minimum Gasteiger partial charge on any atom is -0.441 e. The molecule has 2 heterocycles. The van der Waals surface area contributed by atoms with Crippen molar-refractivity contribution in [3.63, 3.8) is 0 Å². The summed E-state index contributed by atoms with van der Waals surface area (Å²) in [6.07, 6.45) is 4.24. The molecule has 0 saturated carbocycles. The monoisotopic (exact) mass is 389 g/mol. The summed E-state index contributed by atoms with van der Waals surface area (Å²) in [6.45, 7) is 2.33. The van der Waals surface area contributed by atoms with E-state index in [1.165, 1.54) is 0 Å². The first-order valence-electron chi connectivity index (χ1n) is 9.81. The third-order valence-electron chi connectivity index (χ3n) is 5.04. The topological polar surface area (TPSA) is 75.4 Å². The molecule has 6 nitrogen and oxygen atoms in total. The Hall–Kier alpha value is -3.41. The van der Waals surface area contributed by atoms with E-state index in [1.54, 1.807) is 18.0 Å². The van der Waals surface area contributed by atoms with E-state index in [2.05, 4.69) is 10.3 Å². The molecule has 29 heavy (non-hydrogen) atoms. The summed E-state index contributed by atoms with van der Waals surface area (Å²) in [6, 6.07) is 15.5. The van der Waals surface area contributed by atoms with Gasteiger partial charge in [0.05, 0.1) is 6.20 Å². The second-order valence-corrected chi connectivity index (χ2v) is 7.15. The van der Waals surface area contributed by atoms with Crippen LogP contribution < -0.4 is 10.2 Å². The van der Waals surface area contributed by atoms with Crippen molar-refractivity contribution in [1.29, 1.82) is 0 Å². The molecule has 3 aromatic rings. The van der Waals surface area contributed by atoms with Gasteiger partial charge in [0.1, 0.15) is 0 Å². The number of benzene rings is 2. The Morgan fingerprint density at radius 2 is 2.00 bits per heavy atom. The number of carbonyl (C=O) groups is 2. The minimum atomic E-state index is -0.0938. The standard InChI is InChI=1S/C23H23N3O3/c1-16(27)26-13-5-8-18-14-19(9-10-20(18)26)25-22(28)11-12-23-24-15-21(29-23)17-6-3-2-4-7-17/h2-4,6-7,9-10,14-15H,5,8,11-13H2,1H3,(H,25,28). The van der Waals surface area contributed by atoms with Crippen molar-refractivity contribution < 1.29 is 14.0 Å². The molecule has 2 amide bonds. The number of carbonyl (C=O) groups excluding carboxylic acids is 2. The van der Waals surface area contributed by atoms with Crippen molar-refractivity contribution in [1.82, 2.24) is 4.98 Å². The van der Waals surface area contributed by atoms with Crippen LogP contribution in [0.5, 0.6) is 0 Å². The fraction of sp³-hybridized carbons (Fsp3) is 0.261. The molecular weight excluding hydrogens is 366 g/mol. The van der Waals surface area contributed by atoms with Gasteiger partial charge in [-0.2, -0.15) is 0 Å². The highest BCUT2D eigenvalue weighted by Crippen LogP contribution is 2.30. The molecule has 0 spiro atoms. The number of hydrogen-bond donors (Lipinski definition) is 1. The molecule has 4 rings (SSSR count). The van der Waals surface area contributed by atoms with E-state index in [9.17, 15) is 9.59 Å². The number of aromatic nitrogens is 1. The normalized spacial score (nSPS) is 13.1. The van der Waals surface area contributed by atoms with Crippen LogP contribution in [-0.2, 0) is 22.4 Å². The zero-order chi connectivity index (χ0) is 20.2. The number of nitrogens with one attached hydrogen (secondary N) is 1. The Labute approximate surface area is 169 Å². The molecule has 0 atom stereocenters. The van der Waals surface area contributed by atoms with Crippen LogP contribution in [0.15, 0.2) is 59.1 Å². The first-order chi connectivity index (χ1) is 14.1. The van der Waals surface area contributed by atoms with Crippen LogP contribution >= 0.6 is 0 Å². The highest BCUT2D eigenvalue weighted by molar-refractivity contribution is 5.94. The quantitative estimate of drug-likeness (QED) is 0.709. The van der Waals surface area contributed by atoms with Crippen molar-refractivity contribution in [3.8, 4) is 11.3 Å². The smallest absolute Gasteiger partial charge is 0.224 e. The van der Waals surface area contributed by atoms with Gasteiger partial charge in [0.15, 0.2) is 11.7 Å². The molecule has 1 aliphatic rings. The molecule has 148 valence electrons. The summed E-state index contributed by atoms with van der Waals surface area (Å²) in [5, 5.41) is 2.93. The Kier molecular flexibility index (Phi) is 5.42. The van der Waals surface area contributed by atoms with Gasteiger partial charge < -0.3 is 14.6 Å². The number of amides is 2. The van der Waals surface area contributed by atoms with Gasteiger partial charge in [0.2, 0.25) is 11.8 Å². The van der Waals surface area contributed by atoms with Crippen LogP contribution in [0.1, 0.15) is 31.2 Å². The van der Waals surface area contributed by atoms with Gasteiger partial charge in [-0.3, -0.25) is 9.59 Å². The molecule has 1 aromatic heterocycles. The van der Waals surface area contributed by atoms with Crippen LogP contribution in [0, 0.1) is 0 Å². The summed E-state index contributed by atoms with van der Waals surface area (Å²) in [7, 11) is 0. The second kappa shape index (κ2) is 8.31. The molecule has 2 aromatic carbocycles. The molecule has 0 saturated heterocycles. The predicted octanol–water partition coefficient (Wildman–Crippen LogP) is 4.21. The first-order valence-corrected chi connectivity index (χ1v) is 9.81. The van der Waals surface area contributed by atoms with Gasteiger partial charge in [-0.05, 0) is 36.6 Å². The Bertz CT molecular complexity index is 1030. The van der Waals surface area contributed by atoms with Crippen molar-refractivity contribution in [3.05, 3.63) is 66.2 Å². The van der Waals surface area contributed by atoms with E-state index in [0.717, 1.165) is 41.9 Å². The zero-order valence-electron chi connectivity index (χ0n) is 16.4. The summed E-state index contributed by atoms with van der Waals surface area (Å²) in [5.74, 6) is 1.19. The number of anilines is 2. The molecule has 1 N–H and O–H groups in total. The van der Waals surface area contributed by atoms with E-state index in [1.807, 2.05) is 48.5 Å². The van der Waals surface area contributed by atoms with E-state index < -0.39 is 0 Å². The van der Waals surface area contributed by atoms with Crippen molar-refractivity contribution in [2.24, 2.45) is 0 Å². The number of nitrogens with zero attached hydrogens (tertiary/aromatic N) is 2. The highest BCUT2D eigenvalue weighted by atomic mass is 16.4. The maximum absolute atomic E-state index is 12.4. The lowest BCUT2D eigenvalue weighted by atomic mass is 10.0. The number of hydrogen-bond acceptors (Lipinski definition) is 4. The first kappa shape index (κ1) is 18.9. The summed E-state index contributed by atoms with van der Waals surface area (Å²) < 4.78 is 5.75. The average Bonchev–Trinajstić information content (AvgIpc) is 3.21. The third-order valence-corrected chi connectivity index (χ3v) is 5.04. The lowest BCUT2D eigenvalue weighted by Gasteiger charge is -2.29. The van der Waals surface area contributed by atoms with Crippen molar-refractivity contribution in [2.45, 2.75) is 32.6 Å². The number of aryl methyl sites for hydroxylation is 2. The van der Waals surface area contributed by atoms with E-state index in [-0.39, 0.29) is 18.2 Å². The van der Waals surface area contributed by atoms with Crippen LogP contribution in [0.25, 0.3) is 11.3 Å². The van der Waals surface area contributed by atoms with Crippen LogP contribution in [0.2, 0.25) is 0 Å². The zero-order valence-corrected chi connectivity index (χ0v) is 16.4. The van der Waals surface area contributed by atoms with Crippen LogP contribution in [0.3, 0.4) is 0 Å². The van der Waals surface area contributed by atoms with Crippen LogP contribution in [0.4, 0.5) is 11.4 Å². The summed E-state index contributed by atoms with van der Waals surface area (Å²) in [4.78, 5) is 30.2. The Morgan fingerprint density at radius 1 is 1.17 bits per heavy atom. The van der Waals surface area contributed by atoms with Crippen LogP contribution in [-0.4, -0.2) is 23.3 Å². The predicted molar refractivity (Wildman–Crippen MR) is 112 cm³/mol. The van der Waals surface area contributed by atoms with Gasteiger partial charge >= 0.3 is 0 Å². The fourth-order valence-electron chi connectivity index (χ4n) is 3.61. The van der Waals surface area contributed by atoms with Gasteiger partial charge in [-0.1, -0.05) is 30.3 Å². The SMILES string of the molecule is CC(=O)N1CCCc2cc(NC(=O)CCc3ncc(-c4ccccc4)o3)ccc21. The second-order valence-electron chi connectivity index (χ2n) is 7.15. The molecule has 6 heteroatoms. The van der Waals surface area contributed by atoms with E-state index >= 15 is 0 Å². The highest BCUT2D eigenvalue weighted by Gasteiger charge is 2.20. The molecule has 0 radical (unpaired) electrons. The van der Waals surface area contributed by atoms with E-state index in [0.29, 0.717) is 18.1 Å². The Balaban J connectivity index is 1.36. The van der Waals surface area contributed by atoms with Crippen molar-refractivity contribution >= 4 is 23.2 Å². The maximum atomic E-state index is 12.4. The van der Waals surface area contributed by atoms with Crippen molar-refractivity contribution in [2.75, 3.05) is 16.8 Å². The lowest BCUT2D eigenvalue weighted by molar-refractivity contribution is -0.117. The molecule has 1 aliphatic heterocycles. The van der Waals surface area contributed by atoms with Gasteiger partial charge in [0, 0.05) is 43.2 Å². The molecule has 0 fully saturated rings.